The second kappa shape index (κ2) is 8.47. The minimum Gasteiger partial charge on any atom is -0.307 e. The number of aromatic nitrogens is 2. The molecule has 0 fully saturated rings. The van der Waals surface area contributed by atoms with E-state index in [4.69, 9.17) is 16.6 Å². The number of rotatable bonds is 7. The highest BCUT2D eigenvalue weighted by atomic mass is 35.5. The Bertz CT molecular complexity index is 937. The van der Waals surface area contributed by atoms with E-state index in [-0.39, 0.29) is 11.6 Å². The summed E-state index contributed by atoms with van der Waals surface area (Å²) in [5.41, 5.74) is 1.94. The Morgan fingerprint density at radius 1 is 1.15 bits per heavy atom. The number of benzene rings is 2. The third-order valence-electron chi connectivity index (χ3n) is 4.63. The summed E-state index contributed by atoms with van der Waals surface area (Å²) in [7, 11) is 0. The van der Waals surface area contributed by atoms with E-state index in [0.29, 0.717) is 22.5 Å². The van der Waals surface area contributed by atoms with Crippen molar-refractivity contribution in [2.24, 2.45) is 0 Å². The second-order valence-electron chi connectivity index (χ2n) is 6.33. The zero-order chi connectivity index (χ0) is 18.5. The zero-order valence-electron chi connectivity index (χ0n) is 15.2. The highest BCUT2D eigenvalue weighted by Crippen LogP contribution is 2.19. The van der Waals surface area contributed by atoms with Crippen molar-refractivity contribution in [2.75, 3.05) is 6.54 Å². The molecule has 1 heterocycles. The Kier molecular flexibility index (Phi) is 6.07. The lowest BCUT2D eigenvalue weighted by Gasteiger charge is -2.21. The fourth-order valence-corrected chi connectivity index (χ4v) is 3.40. The normalized spacial score (nSPS) is 12.4. The van der Waals surface area contributed by atoms with Crippen molar-refractivity contribution < 1.29 is 0 Å². The first-order valence-electron chi connectivity index (χ1n) is 9.11. The molecule has 4 nitrogen and oxygen atoms in total. The Balaban J connectivity index is 1.89. The van der Waals surface area contributed by atoms with Crippen molar-refractivity contribution >= 4 is 22.5 Å². The van der Waals surface area contributed by atoms with Crippen LogP contribution < -0.4 is 10.9 Å². The van der Waals surface area contributed by atoms with Crippen molar-refractivity contribution in [2.45, 2.75) is 39.3 Å². The summed E-state index contributed by atoms with van der Waals surface area (Å²) in [5, 5.41) is 4.76. The standard InChI is InChI=1S/C21H24ClN3O/c1-3-18(23-13-12-15-8-6-5-7-9-15)20-24-19-14-16(22)10-11-17(19)21(26)25(20)4-2/h5-11,14,18,23H,3-4,12-13H2,1-2H3/t18-/m0/s1. The van der Waals surface area contributed by atoms with Crippen LogP contribution in [0.1, 0.15) is 37.7 Å². The molecule has 3 rings (SSSR count). The van der Waals surface area contributed by atoms with Crippen LogP contribution in [0.3, 0.4) is 0 Å². The van der Waals surface area contributed by atoms with Crippen molar-refractivity contribution in [3.05, 3.63) is 75.3 Å². The van der Waals surface area contributed by atoms with Crippen LogP contribution in [0.4, 0.5) is 0 Å². The fraction of sp³-hybridized carbons (Fsp3) is 0.333. The summed E-state index contributed by atoms with van der Waals surface area (Å²) < 4.78 is 1.76. The van der Waals surface area contributed by atoms with Gasteiger partial charge in [0, 0.05) is 11.6 Å². The third-order valence-corrected chi connectivity index (χ3v) is 4.87. The molecule has 0 saturated carbocycles. The van der Waals surface area contributed by atoms with E-state index in [1.165, 1.54) is 5.56 Å². The molecule has 1 aromatic heterocycles. The largest absolute Gasteiger partial charge is 0.307 e. The van der Waals surface area contributed by atoms with Gasteiger partial charge in [-0.05, 0) is 50.1 Å². The Morgan fingerprint density at radius 2 is 1.92 bits per heavy atom. The van der Waals surface area contributed by atoms with Crippen LogP contribution in [0.2, 0.25) is 5.02 Å². The molecule has 0 aliphatic heterocycles. The Morgan fingerprint density at radius 3 is 2.62 bits per heavy atom. The molecule has 0 bridgehead atoms. The van der Waals surface area contributed by atoms with Gasteiger partial charge in [-0.2, -0.15) is 0 Å². The average molecular weight is 370 g/mol. The molecule has 0 spiro atoms. The van der Waals surface area contributed by atoms with Crippen molar-refractivity contribution in [3.63, 3.8) is 0 Å². The summed E-state index contributed by atoms with van der Waals surface area (Å²) in [5.74, 6) is 0.780. The molecular weight excluding hydrogens is 346 g/mol. The third kappa shape index (κ3) is 3.97. The minimum absolute atomic E-state index is 0.00697. The predicted octanol–water partition coefficient (Wildman–Crippen LogP) is 4.35. The van der Waals surface area contributed by atoms with Crippen LogP contribution >= 0.6 is 11.6 Å². The van der Waals surface area contributed by atoms with Crippen LogP contribution in [0.15, 0.2) is 53.3 Å². The summed E-state index contributed by atoms with van der Waals surface area (Å²) in [6.07, 6.45) is 1.79. The molecule has 26 heavy (non-hydrogen) atoms. The Labute approximate surface area is 158 Å². The van der Waals surface area contributed by atoms with Gasteiger partial charge < -0.3 is 5.32 Å². The molecule has 1 N–H and O–H groups in total. The van der Waals surface area contributed by atoms with E-state index in [9.17, 15) is 4.79 Å². The SMILES string of the molecule is CC[C@H](NCCc1ccccc1)c1nc2cc(Cl)ccc2c(=O)n1CC. The molecule has 0 aliphatic carbocycles. The van der Waals surface area contributed by atoms with Crippen molar-refractivity contribution in [3.8, 4) is 0 Å². The van der Waals surface area contributed by atoms with Gasteiger partial charge in [-0.15, -0.1) is 0 Å². The molecular formula is C21H24ClN3O. The van der Waals surface area contributed by atoms with Crippen molar-refractivity contribution in [1.82, 2.24) is 14.9 Å². The lowest BCUT2D eigenvalue weighted by atomic mass is 10.1. The van der Waals surface area contributed by atoms with E-state index in [0.717, 1.165) is 25.2 Å². The first kappa shape index (κ1) is 18.6. The van der Waals surface area contributed by atoms with Crippen LogP contribution in [-0.2, 0) is 13.0 Å². The van der Waals surface area contributed by atoms with E-state index in [2.05, 4.69) is 36.5 Å². The summed E-state index contributed by atoms with van der Waals surface area (Å²) in [6.45, 7) is 5.51. The fourth-order valence-electron chi connectivity index (χ4n) is 3.24. The molecule has 1 atom stereocenters. The summed E-state index contributed by atoms with van der Waals surface area (Å²) in [6, 6.07) is 15.7. The molecule has 2 aromatic carbocycles. The van der Waals surface area contributed by atoms with E-state index in [1.54, 1.807) is 22.8 Å². The number of halogens is 1. The van der Waals surface area contributed by atoms with Gasteiger partial charge in [0.05, 0.1) is 16.9 Å². The van der Waals surface area contributed by atoms with Gasteiger partial charge in [0.2, 0.25) is 0 Å². The maximum absolute atomic E-state index is 12.9. The minimum atomic E-state index is -0.00697. The Hall–Kier alpha value is -2.17. The highest BCUT2D eigenvalue weighted by Gasteiger charge is 2.17. The number of nitrogens with one attached hydrogen (secondary N) is 1. The average Bonchev–Trinajstić information content (AvgIpc) is 2.66. The predicted molar refractivity (Wildman–Crippen MR) is 108 cm³/mol. The van der Waals surface area contributed by atoms with Gasteiger partial charge in [0.25, 0.3) is 5.56 Å². The molecule has 0 unspecified atom stereocenters. The van der Waals surface area contributed by atoms with Gasteiger partial charge in [0.15, 0.2) is 0 Å². The quantitative estimate of drug-likeness (QED) is 0.673. The smallest absolute Gasteiger partial charge is 0.261 e. The number of hydrogen-bond acceptors (Lipinski definition) is 3. The molecule has 5 heteroatoms. The highest BCUT2D eigenvalue weighted by molar-refractivity contribution is 6.31. The number of fused-ring (bicyclic) bond motifs is 1. The van der Waals surface area contributed by atoms with Crippen LogP contribution in [0.5, 0.6) is 0 Å². The maximum atomic E-state index is 12.9. The van der Waals surface area contributed by atoms with Gasteiger partial charge >= 0.3 is 0 Å². The first-order chi connectivity index (χ1) is 12.6. The molecule has 0 radical (unpaired) electrons. The van der Waals surface area contributed by atoms with E-state index >= 15 is 0 Å². The summed E-state index contributed by atoms with van der Waals surface area (Å²) >= 11 is 6.10. The molecule has 136 valence electrons. The summed E-state index contributed by atoms with van der Waals surface area (Å²) in [4.78, 5) is 17.6. The van der Waals surface area contributed by atoms with Gasteiger partial charge in [0.1, 0.15) is 5.82 Å². The molecule has 0 saturated heterocycles. The van der Waals surface area contributed by atoms with Crippen molar-refractivity contribution in [1.29, 1.82) is 0 Å². The van der Waals surface area contributed by atoms with Gasteiger partial charge in [-0.1, -0.05) is 48.9 Å². The van der Waals surface area contributed by atoms with Gasteiger partial charge in [-0.25, -0.2) is 4.98 Å². The van der Waals surface area contributed by atoms with Crippen LogP contribution in [0, 0.1) is 0 Å². The molecule has 0 aliphatic rings. The monoisotopic (exact) mass is 369 g/mol. The van der Waals surface area contributed by atoms with E-state index in [1.807, 2.05) is 13.0 Å². The number of hydrogen-bond donors (Lipinski definition) is 1. The number of nitrogens with zero attached hydrogens (tertiary/aromatic N) is 2. The van der Waals surface area contributed by atoms with E-state index < -0.39 is 0 Å². The topological polar surface area (TPSA) is 46.9 Å². The maximum Gasteiger partial charge on any atom is 0.261 e. The zero-order valence-corrected chi connectivity index (χ0v) is 16.0. The lowest BCUT2D eigenvalue weighted by molar-refractivity contribution is 0.466. The molecule has 3 aromatic rings. The van der Waals surface area contributed by atoms with Crippen LogP contribution in [-0.4, -0.2) is 16.1 Å². The molecule has 0 amide bonds. The first-order valence-corrected chi connectivity index (χ1v) is 9.49. The second-order valence-corrected chi connectivity index (χ2v) is 6.77. The lowest BCUT2D eigenvalue weighted by Crippen LogP contribution is -2.32. The van der Waals surface area contributed by atoms with Gasteiger partial charge in [-0.3, -0.25) is 9.36 Å². The van der Waals surface area contributed by atoms with Crippen LogP contribution in [0.25, 0.3) is 10.9 Å².